The molecule has 1 heterocycles. The molecule has 0 spiro atoms. The maximum atomic E-state index is 10.9. The Kier molecular flexibility index (Phi) is 14.4. The van der Waals surface area contributed by atoms with Crippen LogP contribution < -0.4 is 0 Å². The molecule has 3 heteroatoms. The number of nitrogens with zero attached hydrogens (tertiary/aromatic N) is 1. The zero-order chi connectivity index (χ0) is 32.9. The summed E-state index contributed by atoms with van der Waals surface area (Å²) in [6, 6.07) is 5.23. The van der Waals surface area contributed by atoms with Gasteiger partial charge in [-0.25, -0.2) is 0 Å². The van der Waals surface area contributed by atoms with Gasteiger partial charge in [-0.15, -0.1) is 0 Å². The van der Waals surface area contributed by atoms with Crippen LogP contribution in [0.2, 0.25) is 0 Å². The van der Waals surface area contributed by atoms with Gasteiger partial charge in [0.15, 0.2) is 0 Å². The zero-order valence-corrected chi connectivity index (χ0v) is 29.8. The number of allylic oxidation sites excluding steroid dienone is 9. The predicted molar refractivity (Wildman–Crippen MR) is 198 cm³/mol. The Balaban J connectivity index is 2.06. The summed E-state index contributed by atoms with van der Waals surface area (Å²) in [4.78, 5) is 4.11. The summed E-state index contributed by atoms with van der Waals surface area (Å²) in [6.45, 7) is 13.1. The van der Waals surface area contributed by atoms with Crippen molar-refractivity contribution in [2.45, 2.75) is 162 Å². The van der Waals surface area contributed by atoms with Gasteiger partial charge in [0.2, 0.25) is 0 Å². The van der Waals surface area contributed by atoms with E-state index in [0.717, 1.165) is 49.7 Å². The first-order valence-electron chi connectivity index (χ1n) is 19.1. The van der Waals surface area contributed by atoms with Crippen molar-refractivity contribution >= 4 is 11.3 Å². The van der Waals surface area contributed by atoms with Gasteiger partial charge in [0.05, 0.1) is 11.3 Å². The fraction of sp³-hybridized carbons (Fsp3) is 0.628. The Morgan fingerprint density at radius 2 is 1.50 bits per heavy atom. The minimum Gasteiger partial charge on any atom is -0.358 e. The molecule has 0 aromatic carbocycles. The highest BCUT2D eigenvalue weighted by Crippen LogP contribution is 2.45. The Labute approximate surface area is 281 Å². The van der Waals surface area contributed by atoms with Crippen LogP contribution >= 0.6 is 0 Å². The molecule has 3 aliphatic carbocycles. The highest BCUT2D eigenvalue weighted by molar-refractivity contribution is 6.05. The molecule has 3 nitrogen and oxygen atoms in total. The monoisotopic (exact) mass is 622 g/mol. The smallest absolute Gasteiger partial charge is 0.101 e. The van der Waals surface area contributed by atoms with E-state index < -0.39 is 0 Å². The molecule has 0 saturated heterocycles. The standard InChI is InChI=1S/C43H63N3/c1-6-19-34(20-7-2)40(38(30-44)42(45)36-27-17-12-18-28-36)31(5)41(35(21-8-3)22-9-4)43-37(32-23-13-10-14-24-32)29-39(46-43)33-25-15-11-16-26-33/h8-9,21-22,29,32-34,36,45-46H,3,6-7,10-20,23-28H2,1-2,4-5H3/b22-9-,35-21+,40-38+,41-31+,45-42?. The van der Waals surface area contributed by atoms with Crippen LogP contribution in [0.4, 0.5) is 0 Å². The van der Waals surface area contributed by atoms with E-state index in [2.05, 4.69) is 69.6 Å². The molecule has 46 heavy (non-hydrogen) atoms. The van der Waals surface area contributed by atoms with Crippen LogP contribution in [0.25, 0.3) is 5.57 Å². The van der Waals surface area contributed by atoms with Crippen molar-refractivity contribution in [2.75, 3.05) is 0 Å². The molecule has 3 saturated carbocycles. The van der Waals surface area contributed by atoms with Crippen molar-refractivity contribution in [1.29, 1.82) is 10.7 Å². The van der Waals surface area contributed by atoms with Crippen LogP contribution in [0.1, 0.15) is 178 Å². The van der Waals surface area contributed by atoms with E-state index in [-0.39, 0.29) is 11.8 Å². The lowest BCUT2D eigenvalue weighted by molar-refractivity contribution is 0.436. The summed E-state index contributed by atoms with van der Waals surface area (Å²) in [7, 11) is 0. The van der Waals surface area contributed by atoms with Crippen LogP contribution in [-0.4, -0.2) is 10.7 Å². The highest BCUT2D eigenvalue weighted by Gasteiger charge is 2.31. The molecule has 2 N–H and O–H groups in total. The van der Waals surface area contributed by atoms with Crippen molar-refractivity contribution in [3.05, 3.63) is 76.2 Å². The van der Waals surface area contributed by atoms with Crippen molar-refractivity contribution in [1.82, 2.24) is 4.98 Å². The summed E-state index contributed by atoms with van der Waals surface area (Å²) in [6.07, 6.45) is 31.3. The second-order valence-corrected chi connectivity index (χ2v) is 14.5. The molecule has 1 aromatic heterocycles. The van der Waals surface area contributed by atoms with Gasteiger partial charge in [0.25, 0.3) is 0 Å². The maximum absolute atomic E-state index is 10.9. The summed E-state index contributed by atoms with van der Waals surface area (Å²) in [5.74, 6) is 1.60. The van der Waals surface area contributed by atoms with Crippen LogP contribution in [-0.2, 0) is 0 Å². The lowest BCUT2D eigenvalue weighted by atomic mass is 9.75. The number of nitrogens with one attached hydrogen (secondary N) is 2. The van der Waals surface area contributed by atoms with E-state index in [1.54, 1.807) is 0 Å². The van der Waals surface area contributed by atoms with Gasteiger partial charge in [0, 0.05) is 22.9 Å². The van der Waals surface area contributed by atoms with Crippen LogP contribution in [0, 0.1) is 28.6 Å². The quantitative estimate of drug-likeness (QED) is 0.121. The number of aromatic amines is 1. The van der Waals surface area contributed by atoms with Gasteiger partial charge in [-0.3, -0.25) is 0 Å². The average Bonchev–Trinajstić information content (AvgIpc) is 3.53. The fourth-order valence-corrected chi connectivity index (χ4v) is 8.97. The van der Waals surface area contributed by atoms with Gasteiger partial charge in [-0.1, -0.05) is 115 Å². The first-order chi connectivity index (χ1) is 22.5. The van der Waals surface area contributed by atoms with Crippen molar-refractivity contribution in [2.24, 2.45) is 11.8 Å². The number of rotatable bonds is 14. The van der Waals surface area contributed by atoms with Crippen molar-refractivity contribution in [3.8, 4) is 6.07 Å². The minimum atomic E-state index is 0.193. The maximum Gasteiger partial charge on any atom is 0.101 e. The summed E-state index contributed by atoms with van der Waals surface area (Å²) in [5.41, 5.74) is 10.1. The van der Waals surface area contributed by atoms with Crippen LogP contribution in [0.5, 0.6) is 0 Å². The van der Waals surface area contributed by atoms with Gasteiger partial charge < -0.3 is 10.4 Å². The molecular formula is C43H63N3. The molecule has 250 valence electrons. The number of hydrogen-bond donors (Lipinski definition) is 2. The van der Waals surface area contributed by atoms with E-state index in [4.69, 9.17) is 0 Å². The Bertz CT molecular complexity index is 1310. The highest BCUT2D eigenvalue weighted by atomic mass is 14.8. The Morgan fingerprint density at radius 3 is 2.02 bits per heavy atom. The third-order valence-electron chi connectivity index (χ3n) is 11.3. The fourth-order valence-electron chi connectivity index (χ4n) is 8.97. The van der Waals surface area contributed by atoms with Gasteiger partial charge >= 0.3 is 0 Å². The largest absolute Gasteiger partial charge is 0.358 e. The van der Waals surface area contributed by atoms with Crippen molar-refractivity contribution in [3.63, 3.8) is 0 Å². The Morgan fingerprint density at radius 1 is 0.935 bits per heavy atom. The van der Waals surface area contributed by atoms with Gasteiger partial charge in [-0.05, 0) is 111 Å². The third kappa shape index (κ3) is 8.73. The number of H-pyrrole nitrogens is 1. The van der Waals surface area contributed by atoms with E-state index in [9.17, 15) is 10.7 Å². The second kappa shape index (κ2) is 18.5. The molecule has 3 aliphatic rings. The van der Waals surface area contributed by atoms with Gasteiger partial charge in [0.1, 0.15) is 6.07 Å². The molecule has 0 aliphatic heterocycles. The predicted octanol–water partition coefficient (Wildman–Crippen LogP) is 13.2. The molecule has 0 atom stereocenters. The second-order valence-electron chi connectivity index (χ2n) is 14.5. The van der Waals surface area contributed by atoms with E-state index in [1.165, 1.54) is 112 Å². The lowest BCUT2D eigenvalue weighted by Crippen LogP contribution is -2.22. The summed E-state index contributed by atoms with van der Waals surface area (Å²) < 4.78 is 0. The molecule has 0 radical (unpaired) electrons. The van der Waals surface area contributed by atoms with E-state index >= 15 is 0 Å². The average molecular weight is 622 g/mol. The molecule has 1 aromatic rings. The number of hydrogen-bond acceptors (Lipinski definition) is 2. The lowest BCUT2D eigenvalue weighted by Gasteiger charge is -2.29. The third-order valence-corrected chi connectivity index (χ3v) is 11.3. The van der Waals surface area contributed by atoms with Crippen LogP contribution in [0.3, 0.4) is 0 Å². The number of aromatic nitrogens is 1. The van der Waals surface area contributed by atoms with Crippen LogP contribution in [0.15, 0.2) is 59.2 Å². The first kappa shape index (κ1) is 36.0. The van der Waals surface area contributed by atoms with E-state index in [0.29, 0.717) is 23.1 Å². The zero-order valence-electron chi connectivity index (χ0n) is 29.8. The molecule has 3 fully saturated rings. The molecule has 0 amide bonds. The minimum absolute atomic E-state index is 0.193. The molecule has 4 rings (SSSR count). The van der Waals surface area contributed by atoms with Gasteiger partial charge in [-0.2, -0.15) is 5.26 Å². The summed E-state index contributed by atoms with van der Waals surface area (Å²) in [5, 5.41) is 20.5. The normalized spacial score (nSPS) is 20.5. The molecular weight excluding hydrogens is 558 g/mol. The first-order valence-corrected chi connectivity index (χ1v) is 19.1. The van der Waals surface area contributed by atoms with Crippen molar-refractivity contribution < 1.29 is 0 Å². The molecule has 0 bridgehead atoms. The van der Waals surface area contributed by atoms with E-state index in [1.807, 2.05) is 6.08 Å². The SMILES string of the molecule is C=C/C=C(\C=C/C)C(=C(C)\C(=C(\C#N)C(=N)C1CCCCC1)C(CCC)CCC)/c1[nH]c(C2CCCCC2)cc1C1CCCCC1. The number of nitriles is 1. The molecule has 0 unspecified atom stereocenters. The summed E-state index contributed by atoms with van der Waals surface area (Å²) >= 11 is 0. The Hall–Kier alpha value is -2.86. The topological polar surface area (TPSA) is 63.4 Å².